The van der Waals surface area contributed by atoms with Gasteiger partial charge in [0, 0.05) is 9.60 Å². The third kappa shape index (κ3) is 7.38. The van der Waals surface area contributed by atoms with Crippen molar-refractivity contribution in [3.63, 3.8) is 0 Å². The molecule has 0 bridgehead atoms. The number of hydrogen-bond donors (Lipinski definition) is 0. The standard InChI is InChI=1S/C9H18O3/c1-3-5-7-11-9(10)12-8-6-4-2/h3-8H2,1-2H3/i1D3,3D2,5D2,7D2. The van der Waals surface area contributed by atoms with Crippen LogP contribution in [-0.4, -0.2) is 19.3 Å². The highest BCUT2D eigenvalue weighted by Crippen LogP contribution is 1.93. The largest absolute Gasteiger partial charge is 0.508 e. The van der Waals surface area contributed by atoms with Crippen molar-refractivity contribution in [1.29, 1.82) is 0 Å². The van der Waals surface area contributed by atoms with Crippen LogP contribution in [0.2, 0.25) is 0 Å². The molecule has 0 aliphatic carbocycles. The molecular formula is C9H18O3. The summed E-state index contributed by atoms with van der Waals surface area (Å²) in [4.78, 5) is 11.2. The summed E-state index contributed by atoms with van der Waals surface area (Å²) in [6.07, 6.45) is -7.54. The van der Waals surface area contributed by atoms with E-state index in [4.69, 9.17) is 12.3 Å². The Bertz CT molecular complexity index is 364. The molecule has 0 heterocycles. The highest BCUT2D eigenvalue weighted by atomic mass is 16.7. The van der Waals surface area contributed by atoms with Crippen LogP contribution >= 0.6 is 0 Å². The van der Waals surface area contributed by atoms with E-state index in [0.717, 1.165) is 0 Å². The lowest BCUT2D eigenvalue weighted by atomic mass is 10.4. The number of rotatable bonds is 6. The fraction of sp³-hybridized carbons (Fsp3) is 0.889. The second kappa shape index (κ2) is 8.37. The lowest BCUT2D eigenvalue weighted by molar-refractivity contribution is 0.0536. The summed E-state index contributed by atoms with van der Waals surface area (Å²) >= 11 is 0. The maximum Gasteiger partial charge on any atom is 0.508 e. The molecule has 0 N–H and O–H groups in total. The Labute approximate surface area is 86.7 Å². The first-order chi connectivity index (χ1) is 9.20. The molecule has 0 aliphatic heterocycles. The average molecular weight is 183 g/mol. The molecule has 0 atom stereocenters. The summed E-state index contributed by atoms with van der Waals surface area (Å²) in [6.45, 7) is -5.22. The van der Waals surface area contributed by atoms with Gasteiger partial charge in [0.1, 0.15) is 0 Å². The van der Waals surface area contributed by atoms with Crippen molar-refractivity contribution in [1.82, 2.24) is 0 Å². The maximum absolute atomic E-state index is 11.2. The summed E-state index contributed by atoms with van der Waals surface area (Å²) in [5.74, 6) is 0. The van der Waals surface area contributed by atoms with Gasteiger partial charge in [-0.05, 0) is 12.8 Å². The van der Waals surface area contributed by atoms with E-state index in [1.807, 2.05) is 6.92 Å². The van der Waals surface area contributed by atoms with Crippen LogP contribution in [0.3, 0.4) is 0 Å². The second-order valence-electron chi connectivity index (χ2n) is 1.91. The Morgan fingerprint density at radius 1 is 1.58 bits per heavy atom. The normalized spacial score (nSPS) is 25.2. The molecule has 0 saturated heterocycles. The first-order valence-corrected chi connectivity index (χ1v) is 3.56. The molecule has 0 amide bonds. The zero-order valence-electron chi connectivity index (χ0n) is 15.8. The Morgan fingerprint density at radius 2 is 2.42 bits per heavy atom. The van der Waals surface area contributed by atoms with Crippen LogP contribution in [0, 0.1) is 0 Å². The maximum atomic E-state index is 11.2. The van der Waals surface area contributed by atoms with Crippen molar-refractivity contribution < 1.29 is 26.6 Å². The van der Waals surface area contributed by atoms with Crippen molar-refractivity contribution in [2.24, 2.45) is 0 Å². The predicted octanol–water partition coefficient (Wildman–Crippen LogP) is 2.74. The van der Waals surface area contributed by atoms with Crippen LogP contribution in [0.5, 0.6) is 0 Å². The molecule has 0 radical (unpaired) electrons. The molecule has 0 spiro atoms. The van der Waals surface area contributed by atoms with Crippen LogP contribution in [0.25, 0.3) is 0 Å². The summed E-state index contributed by atoms with van der Waals surface area (Å²) < 4.78 is 73.7. The summed E-state index contributed by atoms with van der Waals surface area (Å²) in [5.41, 5.74) is 0. The minimum Gasteiger partial charge on any atom is -0.434 e. The van der Waals surface area contributed by atoms with Crippen LogP contribution in [0.4, 0.5) is 4.79 Å². The van der Waals surface area contributed by atoms with Gasteiger partial charge >= 0.3 is 6.16 Å². The smallest absolute Gasteiger partial charge is 0.434 e. The van der Waals surface area contributed by atoms with Gasteiger partial charge in [-0.3, -0.25) is 0 Å². The third-order valence-electron chi connectivity index (χ3n) is 0.966. The number of unbranched alkanes of at least 4 members (excludes halogenated alkanes) is 1. The van der Waals surface area contributed by atoms with Crippen LogP contribution in [-0.2, 0) is 9.47 Å². The fourth-order valence-electron chi connectivity index (χ4n) is 0.422. The predicted molar refractivity (Wildman–Crippen MR) is 47.1 cm³/mol. The van der Waals surface area contributed by atoms with Crippen molar-refractivity contribution in [2.75, 3.05) is 13.2 Å². The Kier molecular flexibility index (Phi) is 2.23. The molecule has 0 rings (SSSR count). The highest BCUT2D eigenvalue weighted by Gasteiger charge is 2.00. The van der Waals surface area contributed by atoms with Crippen molar-refractivity contribution in [3.05, 3.63) is 0 Å². The van der Waals surface area contributed by atoms with Gasteiger partial charge in [0.05, 0.1) is 15.9 Å². The molecule has 12 heavy (non-hydrogen) atoms. The van der Waals surface area contributed by atoms with Crippen LogP contribution < -0.4 is 0 Å². The third-order valence-corrected chi connectivity index (χ3v) is 0.966. The van der Waals surface area contributed by atoms with E-state index in [2.05, 4.69) is 9.47 Å². The van der Waals surface area contributed by atoms with E-state index in [9.17, 15) is 4.79 Å². The Balaban J connectivity index is 5.08. The zero-order valence-corrected chi connectivity index (χ0v) is 6.85. The van der Waals surface area contributed by atoms with Gasteiger partial charge in [0.15, 0.2) is 0 Å². The highest BCUT2D eigenvalue weighted by molar-refractivity contribution is 5.59. The van der Waals surface area contributed by atoms with Crippen molar-refractivity contribution in [3.8, 4) is 0 Å². The zero-order chi connectivity index (χ0) is 17.1. The monoisotopic (exact) mass is 183 g/mol. The van der Waals surface area contributed by atoms with E-state index in [0.29, 0.717) is 12.8 Å². The molecule has 0 aromatic heterocycles. The molecule has 3 nitrogen and oxygen atoms in total. The van der Waals surface area contributed by atoms with Gasteiger partial charge < -0.3 is 9.47 Å². The molecule has 0 aliphatic rings. The molecule has 72 valence electrons. The van der Waals surface area contributed by atoms with Crippen LogP contribution in [0.1, 0.15) is 51.7 Å². The first kappa shape index (κ1) is 3.20. The summed E-state index contributed by atoms with van der Waals surface area (Å²) in [5, 5.41) is 0. The number of hydrogen-bond acceptors (Lipinski definition) is 3. The van der Waals surface area contributed by atoms with Gasteiger partial charge in [0.2, 0.25) is 0 Å². The van der Waals surface area contributed by atoms with Gasteiger partial charge in [-0.15, -0.1) is 0 Å². The van der Waals surface area contributed by atoms with Gasteiger partial charge in [0.25, 0.3) is 0 Å². The molecule has 0 aromatic rings. The molecule has 0 fully saturated rings. The van der Waals surface area contributed by atoms with Crippen molar-refractivity contribution in [2.45, 2.75) is 39.4 Å². The lowest BCUT2D eigenvalue weighted by Crippen LogP contribution is -2.09. The van der Waals surface area contributed by atoms with E-state index >= 15 is 0 Å². The number of carbonyl (C=O) groups is 1. The van der Waals surface area contributed by atoms with E-state index in [1.165, 1.54) is 0 Å². The van der Waals surface area contributed by atoms with Gasteiger partial charge in [-0.25, -0.2) is 4.79 Å². The second-order valence-corrected chi connectivity index (χ2v) is 1.91. The Morgan fingerprint density at radius 3 is 3.08 bits per heavy atom. The SMILES string of the molecule is [2H]C([2H])([2H])C([2H])([2H])C([2H])([2H])C([2H])([2H])OC(=O)OCCCC. The van der Waals surface area contributed by atoms with Crippen molar-refractivity contribution >= 4 is 6.16 Å². The molecule has 0 aromatic carbocycles. The van der Waals surface area contributed by atoms with Gasteiger partial charge in [-0.2, -0.15) is 0 Å². The van der Waals surface area contributed by atoms with E-state index in [-0.39, 0.29) is 6.61 Å². The lowest BCUT2D eigenvalue weighted by Gasteiger charge is -2.04. The minimum absolute atomic E-state index is 0.0689. The minimum atomic E-state index is -3.62. The quantitative estimate of drug-likeness (QED) is 0.469. The average Bonchev–Trinajstić information content (AvgIpc) is 2.26. The molecule has 0 saturated carbocycles. The fourth-order valence-corrected chi connectivity index (χ4v) is 0.422. The van der Waals surface area contributed by atoms with Gasteiger partial charge in [-0.1, -0.05) is 26.6 Å². The Hall–Kier alpha value is -0.730. The number of carbonyl (C=O) groups excluding carboxylic acids is 1. The van der Waals surface area contributed by atoms with E-state index < -0.39 is 32.3 Å². The van der Waals surface area contributed by atoms with Crippen LogP contribution in [0.15, 0.2) is 0 Å². The molecule has 3 heteroatoms. The topological polar surface area (TPSA) is 35.5 Å². The number of ether oxygens (including phenoxy) is 2. The molecular weight excluding hydrogens is 156 g/mol. The first-order valence-electron chi connectivity index (χ1n) is 8.06. The summed E-state index contributed by atoms with van der Waals surface area (Å²) in [6, 6.07) is 0. The molecule has 0 unspecified atom stereocenters. The summed E-state index contributed by atoms with van der Waals surface area (Å²) in [7, 11) is 0. The van der Waals surface area contributed by atoms with E-state index in [1.54, 1.807) is 0 Å².